The Hall–Kier alpha value is -1.04. The van der Waals surface area contributed by atoms with Gasteiger partial charge in [-0.3, -0.25) is 9.89 Å². The summed E-state index contributed by atoms with van der Waals surface area (Å²) < 4.78 is 0. The van der Waals surface area contributed by atoms with E-state index < -0.39 is 0 Å². The lowest BCUT2D eigenvalue weighted by molar-refractivity contribution is -0.119. The maximum Gasteiger partial charge on any atom is 0.230 e. The van der Waals surface area contributed by atoms with Crippen LogP contribution in [-0.4, -0.2) is 32.9 Å². The lowest BCUT2D eigenvalue weighted by Crippen LogP contribution is -2.41. The number of aromatic amines is 1. The topological polar surface area (TPSA) is 70.7 Å². The number of carbonyl (C=O) groups is 1. The van der Waals surface area contributed by atoms with E-state index in [2.05, 4.69) is 27.4 Å². The van der Waals surface area contributed by atoms with Crippen LogP contribution in [0, 0.1) is 11.8 Å². The van der Waals surface area contributed by atoms with Gasteiger partial charge < -0.3 is 5.32 Å². The highest BCUT2D eigenvalue weighted by Gasteiger charge is 2.23. The maximum atomic E-state index is 12.1. The minimum Gasteiger partial charge on any atom is -0.352 e. The number of hydrogen-bond acceptors (Lipinski definition) is 4. The van der Waals surface area contributed by atoms with E-state index in [0.29, 0.717) is 22.9 Å². The van der Waals surface area contributed by atoms with E-state index >= 15 is 0 Å². The molecule has 2 aliphatic rings. The molecule has 1 amide bonds. The van der Waals surface area contributed by atoms with Gasteiger partial charge in [-0.1, -0.05) is 57.2 Å². The second-order valence-corrected chi connectivity index (χ2v) is 8.09. The summed E-state index contributed by atoms with van der Waals surface area (Å²) in [5.41, 5.74) is 0. The Kier molecular flexibility index (Phi) is 5.97. The molecule has 0 radical (unpaired) electrons. The van der Waals surface area contributed by atoms with Crippen molar-refractivity contribution in [3.63, 3.8) is 0 Å². The van der Waals surface area contributed by atoms with E-state index in [1.807, 2.05) is 0 Å². The van der Waals surface area contributed by atoms with E-state index in [0.717, 1.165) is 24.6 Å². The number of nitrogens with one attached hydrogen (secondary N) is 2. The molecule has 5 nitrogen and oxygen atoms in total. The van der Waals surface area contributed by atoms with Gasteiger partial charge in [-0.25, -0.2) is 4.98 Å². The summed E-state index contributed by atoms with van der Waals surface area (Å²) in [5.74, 6) is 2.84. The Morgan fingerprint density at radius 3 is 2.74 bits per heavy atom. The first-order chi connectivity index (χ1) is 11.2. The molecule has 2 unspecified atom stereocenters. The average Bonchev–Trinajstić information content (AvgIpc) is 3.20. The summed E-state index contributed by atoms with van der Waals surface area (Å²) in [6.45, 7) is 2.24. The molecule has 2 aliphatic carbocycles. The van der Waals surface area contributed by atoms with Crippen molar-refractivity contribution in [1.82, 2.24) is 20.5 Å². The number of amides is 1. The van der Waals surface area contributed by atoms with E-state index in [4.69, 9.17) is 0 Å². The second-order valence-electron chi connectivity index (χ2n) is 7.14. The molecule has 2 N–H and O–H groups in total. The first-order valence-corrected chi connectivity index (χ1v) is 10.0. The molecule has 0 spiro atoms. The van der Waals surface area contributed by atoms with Crippen LogP contribution in [-0.2, 0) is 11.2 Å². The predicted molar refractivity (Wildman–Crippen MR) is 92.3 cm³/mol. The zero-order chi connectivity index (χ0) is 16.1. The molecule has 23 heavy (non-hydrogen) atoms. The first-order valence-electron chi connectivity index (χ1n) is 9.04. The highest BCUT2D eigenvalue weighted by molar-refractivity contribution is 7.99. The number of nitrogens with zero attached hydrogens (tertiary/aromatic N) is 2. The number of hydrogen-bond donors (Lipinski definition) is 2. The maximum absolute atomic E-state index is 12.1. The standard InChI is InChI=1S/C17H28N4OS/c1-12-6-2-5-9-14(12)18-16(22)11-23-17-19-15(20-21-17)10-13-7-3-4-8-13/h12-14H,2-11H2,1H3,(H,18,22)(H,19,20,21). The van der Waals surface area contributed by atoms with Crippen molar-refractivity contribution in [3.05, 3.63) is 5.82 Å². The third-order valence-corrected chi connectivity index (χ3v) is 6.11. The molecule has 0 bridgehead atoms. The monoisotopic (exact) mass is 336 g/mol. The van der Waals surface area contributed by atoms with E-state index in [9.17, 15) is 4.79 Å². The van der Waals surface area contributed by atoms with Crippen molar-refractivity contribution >= 4 is 17.7 Å². The van der Waals surface area contributed by atoms with Gasteiger partial charge in [0.1, 0.15) is 5.82 Å². The predicted octanol–water partition coefficient (Wildman–Crippen LogP) is 3.32. The van der Waals surface area contributed by atoms with Gasteiger partial charge in [-0.05, 0) is 24.7 Å². The molecule has 2 saturated carbocycles. The van der Waals surface area contributed by atoms with Crippen LogP contribution >= 0.6 is 11.8 Å². The van der Waals surface area contributed by atoms with Crippen molar-refractivity contribution in [2.75, 3.05) is 5.75 Å². The highest BCUT2D eigenvalue weighted by atomic mass is 32.2. The fourth-order valence-electron chi connectivity index (χ4n) is 3.83. The normalized spacial score (nSPS) is 25.6. The number of rotatable bonds is 6. The van der Waals surface area contributed by atoms with Crippen LogP contribution < -0.4 is 5.32 Å². The van der Waals surface area contributed by atoms with Crippen molar-refractivity contribution in [3.8, 4) is 0 Å². The van der Waals surface area contributed by atoms with Crippen LogP contribution in [0.1, 0.15) is 64.1 Å². The first kappa shape index (κ1) is 16.8. The lowest BCUT2D eigenvalue weighted by Gasteiger charge is -2.29. The largest absolute Gasteiger partial charge is 0.352 e. The molecular weight excluding hydrogens is 308 g/mol. The Bertz CT molecular complexity index is 512. The molecule has 1 aromatic heterocycles. The second kappa shape index (κ2) is 8.18. The Labute approximate surface area is 142 Å². The molecular formula is C17H28N4OS. The molecule has 0 saturated heterocycles. The number of aromatic nitrogens is 3. The zero-order valence-electron chi connectivity index (χ0n) is 14.0. The van der Waals surface area contributed by atoms with Gasteiger partial charge in [0.25, 0.3) is 0 Å². The van der Waals surface area contributed by atoms with Gasteiger partial charge in [-0.15, -0.1) is 5.10 Å². The minimum absolute atomic E-state index is 0.107. The summed E-state index contributed by atoms with van der Waals surface area (Å²) in [5, 5.41) is 11.1. The fraction of sp³-hybridized carbons (Fsp3) is 0.824. The van der Waals surface area contributed by atoms with Gasteiger partial charge >= 0.3 is 0 Å². The quantitative estimate of drug-likeness (QED) is 0.782. The molecule has 2 atom stereocenters. The van der Waals surface area contributed by atoms with Gasteiger partial charge in [-0.2, -0.15) is 0 Å². The SMILES string of the molecule is CC1CCCCC1NC(=O)CSc1n[nH]c(CC2CCCC2)n1. The smallest absolute Gasteiger partial charge is 0.230 e. The minimum atomic E-state index is 0.107. The van der Waals surface area contributed by atoms with E-state index in [1.54, 1.807) is 0 Å². The van der Waals surface area contributed by atoms with Gasteiger partial charge in [0.05, 0.1) is 5.75 Å². The van der Waals surface area contributed by atoms with Gasteiger partial charge in [0.15, 0.2) is 0 Å². The number of thioether (sulfide) groups is 1. The van der Waals surface area contributed by atoms with Crippen molar-refractivity contribution in [2.24, 2.45) is 11.8 Å². The van der Waals surface area contributed by atoms with Gasteiger partial charge in [0, 0.05) is 12.5 Å². The Morgan fingerprint density at radius 2 is 1.96 bits per heavy atom. The third-order valence-electron chi connectivity index (χ3n) is 5.26. The average molecular weight is 337 g/mol. The summed E-state index contributed by atoms with van der Waals surface area (Å²) in [7, 11) is 0. The summed E-state index contributed by atoms with van der Waals surface area (Å²) in [4.78, 5) is 16.6. The Morgan fingerprint density at radius 1 is 1.22 bits per heavy atom. The van der Waals surface area contributed by atoms with Crippen molar-refractivity contribution in [2.45, 2.75) is 75.9 Å². The van der Waals surface area contributed by atoms with Crippen molar-refractivity contribution < 1.29 is 4.79 Å². The molecule has 1 aromatic rings. The van der Waals surface area contributed by atoms with Crippen LogP contribution in [0.3, 0.4) is 0 Å². The summed E-state index contributed by atoms with van der Waals surface area (Å²) in [6.07, 6.45) is 11.2. The van der Waals surface area contributed by atoms with Crippen LogP contribution in [0.25, 0.3) is 0 Å². The third kappa shape index (κ3) is 4.96. The molecule has 128 valence electrons. The lowest BCUT2D eigenvalue weighted by atomic mass is 9.86. The van der Waals surface area contributed by atoms with Crippen LogP contribution in [0.4, 0.5) is 0 Å². The summed E-state index contributed by atoms with van der Waals surface area (Å²) in [6, 6.07) is 0.349. The van der Waals surface area contributed by atoms with Crippen LogP contribution in [0.2, 0.25) is 0 Å². The number of H-pyrrole nitrogens is 1. The molecule has 0 aliphatic heterocycles. The summed E-state index contributed by atoms with van der Waals surface area (Å²) >= 11 is 1.43. The molecule has 2 fully saturated rings. The zero-order valence-corrected chi connectivity index (χ0v) is 14.8. The Balaban J connectivity index is 1.41. The van der Waals surface area contributed by atoms with Crippen LogP contribution in [0.5, 0.6) is 0 Å². The number of carbonyl (C=O) groups excluding carboxylic acids is 1. The molecule has 6 heteroatoms. The van der Waals surface area contributed by atoms with Crippen molar-refractivity contribution in [1.29, 1.82) is 0 Å². The highest BCUT2D eigenvalue weighted by Crippen LogP contribution is 2.27. The van der Waals surface area contributed by atoms with E-state index in [1.165, 1.54) is 56.7 Å². The molecule has 3 rings (SSSR count). The van der Waals surface area contributed by atoms with E-state index in [-0.39, 0.29) is 5.91 Å². The van der Waals surface area contributed by atoms with Crippen LogP contribution in [0.15, 0.2) is 5.16 Å². The fourth-order valence-corrected chi connectivity index (χ4v) is 4.46. The van der Waals surface area contributed by atoms with Gasteiger partial charge in [0.2, 0.25) is 11.1 Å². The molecule has 1 heterocycles. The molecule has 0 aromatic carbocycles.